The Morgan fingerprint density at radius 3 is 2.48 bits per heavy atom. The predicted octanol–water partition coefficient (Wildman–Crippen LogP) is 2.34. The van der Waals surface area contributed by atoms with Gasteiger partial charge in [-0.3, -0.25) is 9.59 Å². The van der Waals surface area contributed by atoms with Gasteiger partial charge in [0.1, 0.15) is 12.2 Å². The quantitative estimate of drug-likeness (QED) is 0.508. The van der Waals surface area contributed by atoms with Crippen LogP contribution in [-0.4, -0.2) is 52.9 Å². The monoisotopic (exact) mass is 434 g/mol. The maximum Gasteiger partial charge on any atom is 0.305 e. The first-order valence-electron chi connectivity index (χ1n) is 11.5. The SMILES string of the molecule is C=C1[C@@H]2CC[C@H]3[C@@]45CO[C@](OC(C)=O)([C@@H](O)[C@@H]4C(C)(C)CC[C@@H]5O)[C@]3(C2)[C@@H]1OC(C)=O. The maximum atomic E-state index is 12.4. The molecule has 2 saturated heterocycles. The summed E-state index contributed by atoms with van der Waals surface area (Å²) in [4.78, 5) is 24.5. The van der Waals surface area contributed by atoms with E-state index in [1.165, 1.54) is 13.8 Å². The molecule has 6 aliphatic rings. The molecule has 2 spiro atoms. The third-order valence-electron chi connectivity index (χ3n) is 9.56. The lowest BCUT2D eigenvalue weighted by molar-refractivity contribution is -0.464. The van der Waals surface area contributed by atoms with E-state index in [-0.39, 0.29) is 29.8 Å². The molecule has 172 valence electrons. The number of aliphatic hydroxyl groups excluding tert-OH is 2. The zero-order valence-electron chi connectivity index (χ0n) is 18.8. The first-order valence-corrected chi connectivity index (χ1v) is 11.5. The highest BCUT2D eigenvalue weighted by molar-refractivity contribution is 5.68. The van der Waals surface area contributed by atoms with Crippen LogP contribution in [0.4, 0.5) is 0 Å². The van der Waals surface area contributed by atoms with Crippen molar-refractivity contribution >= 4 is 11.9 Å². The van der Waals surface area contributed by atoms with Gasteiger partial charge in [0, 0.05) is 25.2 Å². The van der Waals surface area contributed by atoms with Gasteiger partial charge >= 0.3 is 11.9 Å². The number of carbonyl (C=O) groups excluding carboxylic acids is 2. The molecule has 2 N–H and O–H groups in total. The van der Waals surface area contributed by atoms with Crippen LogP contribution in [0.25, 0.3) is 0 Å². The largest absolute Gasteiger partial charge is 0.457 e. The summed E-state index contributed by atoms with van der Waals surface area (Å²) in [5.41, 5.74) is -1.15. The molecule has 0 aromatic rings. The number of aliphatic hydroxyl groups is 2. The molecule has 0 aromatic carbocycles. The van der Waals surface area contributed by atoms with Crippen LogP contribution < -0.4 is 0 Å². The first kappa shape index (κ1) is 21.4. The van der Waals surface area contributed by atoms with E-state index in [9.17, 15) is 19.8 Å². The Labute approximate surface area is 183 Å². The van der Waals surface area contributed by atoms with Crippen LogP contribution in [0.15, 0.2) is 12.2 Å². The molecule has 31 heavy (non-hydrogen) atoms. The van der Waals surface area contributed by atoms with Gasteiger partial charge in [-0.2, -0.15) is 0 Å². The smallest absolute Gasteiger partial charge is 0.305 e. The topological polar surface area (TPSA) is 102 Å². The van der Waals surface area contributed by atoms with Crippen molar-refractivity contribution in [2.45, 2.75) is 83.9 Å². The molecule has 6 rings (SSSR count). The van der Waals surface area contributed by atoms with Crippen LogP contribution in [0.1, 0.15) is 59.8 Å². The molecule has 6 fully saturated rings. The minimum atomic E-state index is -1.64. The van der Waals surface area contributed by atoms with E-state index in [4.69, 9.17) is 14.2 Å². The Bertz CT molecular complexity index is 851. The van der Waals surface area contributed by atoms with Gasteiger partial charge in [-0.1, -0.05) is 20.4 Å². The van der Waals surface area contributed by atoms with E-state index in [1.54, 1.807) is 0 Å². The Hall–Kier alpha value is -1.44. The average molecular weight is 435 g/mol. The van der Waals surface area contributed by atoms with E-state index in [2.05, 4.69) is 20.4 Å². The van der Waals surface area contributed by atoms with Gasteiger partial charge in [-0.05, 0) is 54.9 Å². The van der Waals surface area contributed by atoms with Gasteiger partial charge in [0.05, 0.1) is 18.1 Å². The Morgan fingerprint density at radius 2 is 1.84 bits per heavy atom. The van der Waals surface area contributed by atoms with E-state index >= 15 is 0 Å². The molecule has 4 aliphatic carbocycles. The van der Waals surface area contributed by atoms with Gasteiger partial charge in [-0.25, -0.2) is 0 Å². The fourth-order valence-corrected chi connectivity index (χ4v) is 8.76. The number of rotatable bonds is 2. The van der Waals surface area contributed by atoms with E-state index in [0.29, 0.717) is 12.8 Å². The maximum absolute atomic E-state index is 12.4. The lowest BCUT2D eigenvalue weighted by Gasteiger charge is -2.75. The fraction of sp³-hybridized carbons (Fsp3) is 0.833. The molecular formula is C24H34O7. The zero-order valence-corrected chi connectivity index (χ0v) is 18.8. The minimum Gasteiger partial charge on any atom is -0.457 e. The molecule has 7 nitrogen and oxygen atoms in total. The number of ether oxygens (including phenoxy) is 3. The standard InChI is InChI=1S/C24H34O7/c1-12-15-6-7-16-22-11-29-24(31-14(3)26,23(16,10-15)20(12)30-13(2)25)19(28)18(22)21(4,5)9-8-17(22)27/h15-20,27-28H,1,6-11H2,2-5H3/t15-,16+,17+,18-,19+,20-,22-,23+,24+/m1/s1. The van der Waals surface area contributed by atoms with Crippen molar-refractivity contribution in [3.05, 3.63) is 12.2 Å². The van der Waals surface area contributed by atoms with Crippen LogP contribution in [0.5, 0.6) is 0 Å². The van der Waals surface area contributed by atoms with Gasteiger partial charge in [0.25, 0.3) is 0 Å². The van der Waals surface area contributed by atoms with Gasteiger partial charge in [0.15, 0.2) is 0 Å². The second kappa shape index (κ2) is 6.33. The zero-order chi connectivity index (χ0) is 22.6. The minimum absolute atomic E-state index is 0.0896. The summed E-state index contributed by atoms with van der Waals surface area (Å²) < 4.78 is 18.2. The van der Waals surface area contributed by atoms with Crippen LogP contribution in [0, 0.1) is 34.0 Å². The number of fused-ring (bicyclic) bond motifs is 2. The Balaban J connectivity index is 1.79. The van der Waals surface area contributed by atoms with E-state index in [0.717, 1.165) is 24.8 Å². The van der Waals surface area contributed by atoms with Crippen LogP contribution in [0.2, 0.25) is 0 Å². The molecule has 4 saturated carbocycles. The Kier molecular flexibility index (Phi) is 4.37. The van der Waals surface area contributed by atoms with E-state index < -0.39 is 46.9 Å². The lowest BCUT2D eigenvalue weighted by atomic mass is 9.36. The molecule has 0 radical (unpaired) electrons. The summed E-state index contributed by atoms with van der Waals surface area (Å²) in [7, 11) is 0. The van der Waals surface area contributed by atoms with E-state index in [1.807, 2.05) is 0 Å². The highest BCUT2D eigenvalue weighted by Gasteiger charge is 2.86. The summed E-state index contributed by atoms with van der Waals surface area (Å²) in [6.45, 7) is 11.4. The molecule has 0 aromatic heterocycles. The molecule has 7 heteroatoms. The van der Waals surface area contributed by atoms with Crippen molar-refractivity contribution in [3.8, 4) is 0 Å². The second-order valence-corrected chi connectivity index (χ2v) is 11.3. The van der Waals surface area contributed by atoms with Gasteiger partial charge in [-0.15, -0.1) is 0 Å². The predicted molar refractivity (Wildman–Crippen MR) is 109 cm³/mol. The van der Waals surface area contributed by atoms with Crippen molar-refractivity contribution in [2.24, 2.45) is 34.0 Å². The van der Waals surface area contributed by atoms with Crippen LogP contribution in [0.3, 0.4) is 0 Å². The van der Waals surface area contributed by atoms with Gasteiger partial charge < -0.3 is 24.4 Å². The average Bonchev–Trinajstić information content (AvgIpc) is 2.87. The summed E-state index contributed by atoms with van der Waals surface area (Å²) in [6, 6.07) is 0. The third-order valence-corrected chi connectivity index (χ3v) is 9.56. The van der Waals surface area contributed by atoms with Gasteiger partial charge in [0.2, 0.25) is 5.79 Å². The lowest BCUT2D eigenvalue weighted by Crippen LogP contribution is -2.84. The summed E-state index contributed by atoms with van der Waals surface area (Å²) in [5.74, 6) is -2.97. The first-order chi connectivity index (χ1) is 14.4. The normalized spacial score (nSPS) is 51.6. The van der Waals surface area contributed by atoms with Crippen molar-refractivity contribution in [2.75, 3.05) is 6.61 Å². The molecular weight excluding hydrogens is 400 g/mol. The molecule has 9 atom stereocenters. The molecule has 4 bridgehead atoms. The van der Waals surface area contributed by atoms with Crippen LogP contribution in [-0.2, 0) is 23.8 Å². The third kappa shape index (κ3) is 2.30. The molecule has 2 heterocycles. The molecule has 0 amide bonds. The van der Waals surface area contributed by atoms with Crippen molar-refractivity contribution in [1.82, 2.24) is 0 Å². The summed E-state index contributed by atoms with van der Waals surface area (Å²) in [5, 5.41) is 23.4. The fourth-order valence-electron chi connectivity index (χ4n) is 8.76. The Morgan fingerprint density at radius 1 is 1.13 bits per heavy atom. The summed E-state index contributed by atoms with van der Waals surface area (Å²) in [6.07, 6.45) is 1.06. The highest BCUT2D eigenvalue weighted by Crippen LogP contribution is 2.78. The number of hydrogen-bond acceptors (Lipinski definition) is 7. The van der Waals surface area contributed by atoms with Crippen molar-refractivity contribution in [3.63, 3.8) is 0 Å². The van der Waals surface area contributed by atoms with Crippen molar-refractivity contribution < 1.29 is 34.0 Å². The molecule has 0 unspecified atom stereocenters. The van der Waals surface area contributed by atoms with Crippen LogP contribution >= 0.6 is 0 Å². The van der Waals surface area contributed by atoms with Crippen molar-refractivity contribution in [1.29, 1.82) is 0 Å². The highest BCUT2D eigenvalue weighted by atomic mass is 16.7. The number of hydrogen-bond donors (Lipinski definition) is 2. The molecule has 2 aliphatic heterocycles. The summed E-state index contributed by atoms with van der Waals surface area (Å²) >= 11 is 0. The second-order valence-electron chi connectivity index (χ2n) is 11.3. The number of carbonyl (C=O) groups is 2. The number of esters is 2.